The van der Waals surface area contributed by atoms with Gasteiger partial charge in [0.15, 0.2) is 9.84 Å². The molecule has 6 heteroatoms. The van der Waals surface area contributed by atoms with Gasteiger partial charge in [0.1, 0.15) is 0 Å². The van der Waals surface area contributed by atoms with Gasteiger partial charge < -0.3 is 0 Å². The maximum Gasteiger partial charge on any atom is 0.271 e. The van der Waals surface area contributed by atoms with Crippen LogP contribution in [0.25, 0.3) is 0 Å². The molecule has 0 saturated heterocycles. The fraction of sp³-hybridized carbons (Fsp3) is 0.125. The molecule has 2 aromatic carbocycles. The molecule has 0 aliphatic carbocycles. The molecule has 0 aliphatic heterocycles. The predicted molar refractivity (Wildman–Crippen MR) is 85.5 cm³/mol. The van der Waals surface area contributed by atoms with Crippen LogP contribution in [0.2, 0.25) is 0 Å². The molecule has 1 N–H and O–H groups in total. The molecule has 0 radical (unpaired) electrons. The highest BCUT2D eigenvalue weighted by Crippen LogP contribution is 2.10. The molecule has 5 nitrogen and oxygen atoms in total. The van der Waals surface area contributed by atoms with Crippen LogP contribution >= 0.6 is 0 Å². The SMILES string of the molecule is O=C(NN=CCCS(=O)(=O)c1ccccc1)c1ccccc1. The molecule has 0 heterocycles. The number of hydrogen-bond donors (Lipinski definition) is 1. The summed E-state index contributed by atoms with van der Waals surface area (Å²) in [6, 6.07) is 16.9. The van der Waals surface area contributed by atoms with Crippen molar-refractivity contribution in [1.29, 1.82) is 0 Å². The van der Waals surface area contributed by atoms with Crippen LogP contribution in [0.1, 0.15) is 16.8 Å². The number of carbonyl (C=O) groups excluding carboxylic acids is 1. The Hall–Kier alpha value is -2.47. The largest absolute Gasteiger partial charge is 0.271 e. The summed E-state index contributed by atoms with van der Waals surface area (Å²) < 4.78 is 24.0. The van der Waals surface area contributed by atoms with E-state index in [0.29, 0.717) is 5.56 Å². The van der Waals surface area contributed by atoms with E-state index >= 15 is 0 Å². The lowest BCUT2D eigenvalue weighted by atomic mass is 10.2. The minimum Gasteiger partial charge on any atom is -0.267 e. The molecule has 0 aromatic heterocycles. The zero-order valence-electron chi connectivity index (χ0n) is 11.8. The maximum absolute atomic E-state index is 12.0. The molecule has 0 fully saturated rings. The quantitative estimate of drug-likeness (QED) is 0.656. The topological polar surface area (TPSA) is 75.6 Å². The molecule has 1 amide bonds. The first-order valence-corrected chi connectivity index (χ1v) is 8.39. The van der Waals surface area contributed by atoms with E-state index in [4.69, 9.17) is 0 Å². The molecule has 22 heavy (non-hydrogen) atoms. The van der Waals surface area contributed by atoms with E-state index in [2.05, 4.69) is 10.5 Å². The number of rotatable bonds is 6. The molecule has 0 unspecified atom stereocenters. The maximum atomic E-state index is 12.0. The zero-order valence-corrected chi connectivity index (χ0v) is 12.7. The molecule has 0 spiro atoms. The van der Waals surface area contributed by atoms with Crippen LogP contribution in [-0.4, -0.2) is 26.3 Å². The normalized spacial score (nSPS) is 11.5. The summed E-state index contributed by atoms with van der Waals surface area (Å²) in [6.07, 6.45) is 1.62. The summed E-state index contributed by atoms with van der Waals surface area (Å²) in [7, 11) is -3.32. The molecular weight excluding hydrogens is 300 g/mol. The lowest BCUT2D eigenvalue weighted by Crippen LogP contribution is -2.17. The number of nitrogens with one attached hydrogen (secondary N) is 1. The van der Waals surface area contributed by atoms with E-state index in [9.17, 15) is 13.2 Å². The zero-order chi connectivity index (χ0) is 15.8. The summed E-state index contributed by atoms with van der Waals surface area (Å²) in [6.45, 7) is 0. The number of nitrogens with zero attached hydrogens (tertiary/aromatic N) is 1. The summed E-state index contributed by atoms with van der Waals surface area (Å²) in [5, 5.41) is 3.76. The summed E-state index contributed by atoms with van der Waals surface area (Å²) >= 11 is 0. The highest BCUT2D eigenvalue weighted by atomic mass is 32.2. The highest BCUT2D eigenvalue weighted by molar-refractivity contribution is 7.91. The smallest absolute Gasteiger partial charge is 0.267 e. The van der Waals surface area contributed by atoms with Gasteiger partial charge in [-0.1, -0.05) is 36.4 Å². The van der Waals surface area contributed by atoms with Gasteiger partial charge >= 0.3 is 0 Å². The number of benzene rings is 2. The number of carbonyl (C=O) groups is 1. The van der Waals surface area contributed by atoms with Crippen LogP contribution in [0.3, 0.4) is 0 Å². The van der Waals surface area contributed by atoms with Crippen molar-refractivity contribution in [2.75, 3.05) is 5.75 Å². The molecule has 0 bridgehead atoms. The number of hydrazone groups is 1. The van der Waals surface area contributed by atoms with Crippen LogP contribution < -0.4 is 5.43 Å². The lowest BCUT2D eigenvalue weighted by molar-refractivity contribution is 0.0955. The van der Waals surface area contributed by atoms with E-state index in [1.807, 2.05) is 6.07 Å². The van der Waals surface area contributed by atoms with Crippen molar-refractivity contribution < 1.29 is 13.2 Å². The van der Waals surface area contributed by atoms with Crippen LogP contribution in [0.4, 0.5) is 0 Å². The summed E-state index contributed by atoms with van der Waals surface area (Å²) in [5.41, 5.74) is 2.86. The van der Waals surface area contributed by atoms with Crippen molar-refractivity contribution in [1.82, 2.24) is 5.43 Å². The molecular formula is C16H16N2O3S. The first kappa shape index (κ1) is 15.9. The van der Waals surface area contributed by atoms with Crippen LogP contribution in [0.15, 0.2) is 70.7 Å². The van der Waals surface area contributed by atoms with Crippen molar-refractivity contribution in [3.8, 4) is 0 Å². The Morgan fingerprint density at radius 2 is 1.59 bits per heavy atom. The standard InChI is InChI=1S/C16H16N2O3S/c19-16(14-8-3-1-4-9-14)18-17-12-7-13-22(20,21)15-10-5-2-6-11-15/h1-6,8-12H,7,13H2,(H,18,19). The Kier molecular flexibility index (Phi) is 5.43. The molecule has 2 aromatic rings. The number of sulfone groups is 1. The van der Waals surface area contributed by atoms with E-state index < -0.39 is 9.84 Å². The van der Waals surface area contributed by atoms with E-state index in [1.165, 1.54) is 6.21 Å². The van der Waals surface area contributed by atoms with Crippen molar-refractivity contribution in [3.05, 3.63) is 66.2 Å². The minimum atomic E-state index is -3.32. The van der Waals surface area contributed by atoms with Gasteiger partial charge in [-0.2, -0.15) is 5.10 Å². The third-order valence-corrected chi connectivity index (χ3v) is 4.67. The first-order chi connectivity index (χ1) is 10.6. The van der Waals surface area contributed by atoms with Gasteiger partial charge in [0.25, 0.3) is 5.91 Å². The Bertz CT molecular complexity index is 741. The van der Waals surface area contributed by atoms with Gasteiger partial charge in [-0.25, -0.2) is 13.8 Å². The van der Waals surface area contributed by atoms with Crippen LogP contribution in [0.5, 0.6) is 0 Å². The molecule has 0 aliphatic rings. The Labute approximate surface area is 129 Å². The number of hydrogen-bond acceptors (Lipinski definition) is 4. The molecule has 0 saturated carbocycles. The van der Waals surface area contributed by atoms with Gasteiger partial charge in [0.05, 0.1) is 10.6 Å². The highest BCUT2D eigenvalue weighted by Gasteiger charge is 2.12. The molecule has 0 atom stereocenters. The third-order valence-electron chi connectivity index (χ3n) is 2.91. The van der Waals surface area contributed by atoms with Crippen LogP contribution in [-0.2, 0) is 9.84 Å². The average Bonchev–Trinajstić information content (AvgIpc) is 2.56. The average molecular weight is 316 g/mol. The van der Waals surface area contributed by atoms with Gasteiger partial charge in [0.2, 0.25) is 0 Å². The second-order valence-electron chi connectivity index (χ2n) is 4.54. The van der Waals surface area contributed by atoms with E-state index in [1.54, 1.807) is 54.6 Å². The van der Waals surface area contributed by atoms with E-state index in [0.717, 1.165) is 0 Å². The van der Waals surface area contributed by atoms with Crippen molar-refractivity contribution in [3.63, 3.8) is 0 Å². The summed E-state index contributed by atoms with van der Waals surface area (Å²) in [4.78, 5) is 12.0. The Morgan fingerprint density at radius 1 is 1.00 bits per heavy atom. The van der Waals surface area contributed by atoms with E-state index in [-0.39, 0.29) is 23.0 Å². The second-order valence-corrected chi connectivity index (χ2v) is 6.65. The predicted octanol–water partition coefficient (Wildman–Crippen LogP) is 2.27. The fourth-order valence-electron chi connectivity index (χ4n) is 1.78. The first-order valence-electron chi connectivity index (χ1n) is 6.74. The summed E-state index contributed by atoms with van der Waals surface area (Å²) in [5.74, 6) is -0.385. The minimum absolute atomic E-state index is 0.0538. The fourth-order valence-corrected chi connectivity index (χ4v) is 3.00. The molecule has 2 rings (SSSR count). The van der Waals surface area contributed by atoms with Crippen molar-refractivity contribution >= 4 is 22.0 Å². The van der Waals surface area contributed by atoms with Gasteiger partial charge in [-0.15, -0.1) is 0 Å². The second kappa shape index (κ2) is 7.51. The Balaban J connectivity index is 1.83. The van der Waals surface area contributed by atoms with Crippen LogP contribution in [0, 0.1) is 0 Å². The van der Waals surface area contributed by atoms with Gasteiger partial charge in [0, 0.05) is 11.8 Å². The Morgan fingerprint density at radius 3 is 2.23 bits per heavy atom. The third kappa shape index (κ3) is 4.53. The van der Waals surface area contributed by atoms with Crippen molar-refractivity contribution in [2.24, 2.45) is 5.10 Å². The van der Waals surface area contributed by atoms with Gasteiger partial charge in [-0.3, -0.25) is 4.79 Å². The van der Waals surface area contributed by atoms with Gasteiger partial charge in [-0.05, 0) is 30.7 Å². The monoisotopic (exact) mass is 316 g/mol. The number of amides is 1. The lowest BCUT2D eigenvalue weighted by Gasteiger charge is -2.02. The van der Waals surface area contributed by atoms with Crippen molar-refractivity contribution in [2.45, 2.75) is 11.3 Å². The molecule has 114 valence electrons.